The summed E-state index contributed by atoms with van der Waals surface area (Å²) < 4.78 is 23.0. The molecule has 1 unspecified atom stereocenters. The smallest absolute Gasteiger partial charge is 0.191 e. The minimum Gasteiger partial charge on any atom is -0.355 e. The van der Waals surface area contributed by atoms with Gasteiger partial charge in [-0.15, -0.1) is 0 Å². The van der Waals surface area contributed by atoms with Crippen LogP contribution in [0.5, 0.6) is 0 Å². The predicted molar refractivity (Wildman–Crippen MR) is 91.0 cm³/mol. The number of sulfone groups is 1. The molecule has 7 heteroatoms. The van der Waals surface area contributed by atoms with Crippen LogP contribution in [-0.4, -0.2) is 69.5 Å². The van der Waals surface area contributed by atoms with E-state index in [-0.39, 0.29) is 17.5 Å². The van der Waals surface area contributed by atoms with E-state index in [2.05, 4.69) is 34.4 Å². The van der Waals surface area contributed by atoms with Crippen LogP contribution in [0.3, 0.4) is 0 Å². The Balaban J connectivity index is 1.79. The molecule has 2 rings (SSSR count). The summed E-state index contributed by atoms with van der Waals surface area (Å²) in [6, 6.07) is 0.541. The molecule has 0 aromatic heterocycles. The van der Waals surface area contributed by atoms with E-state index >= 15 is 0 Å². The van der Waals surface area contributed by atoms with Gasteiger partial charge in [0.05, 0.1) is 11.5 Å². The van der Waals surface area contributed by atoms with Crippen molar-refractivity contribution in [3.8, 4) is 0 Å². The molecule has 2 aliphatic rings. The van der Waals surface area contributed by atoms with E-state index in [1.807, 2.05) is 0 Å². The van der Waals surface area contributed by atoms with Crippen LogP contribution in [0.15, 0.2) is 4.99 Å². The molecule has 2 atom stereocenters. The number of aliphatic imine (C=N–C) groups is 1. The Hall–Kier alpha value is -0.820. The molecular formula is C15H30N4O2S. The van der Waals surface area contributed by atoms with Gasteiger partial charge in [0.25, 0.3) is 0 Å². The number of hydrogen-bond donors (Lipinski definition) is 2. The van der Waals surface area contributed by atoms with E-state index in [0.29, 0.717) is 18.4 Å². The minimum absolute atomic E-state index is 0.00783. The Labute approximate surface area is 134 Å². The molecule has 6 nitrogen and oxygen atoms in total. The highest BCUT2D eigenvalue weighted by Crippen LogP contribution is 2.18. The minimum atomic E-state index is -2.86. The summed E-state index contributed by atoms with van der Waals surface area (Å²) in [4.78, 5) is 6.77. The van der Waals surface area contributed by atoms with Crippen molar-refractivity contribution in [3.63, 3.8) is 0 Å². The Kier molecular flexibility index (Phi) is 6.09. The Morgan fingerprint density at radius 1 is 1.36 bits per heavy atom. The van der Waals surface area contributed by atoms with Crippen LogP contribution < -0.4 is 10.6 Å². The second-order valence-corrected chi connectivity index (χ2v) is 9.11. The summed E-state index contributed by atoms with van der Waals surface area (Å²) in [5.74, 6) is 1.91. The molecule has 2 N–H and O–H groups in total. The number of nitrogens with zero attached hydrogens (tertiary/aromatic N) is 2. The number of guanidine groups is 1. The van der Waals surface area contributed by atoms with E-state index in [4.69, 9.17) is 0 Å². The Morgan fingerprint density at radius 2 is 2.14 bits per heavy atom. The number of hydrogen-bond acceptors (Lipinski definition) is 4. The maximum atomic E-state index is 11.5. The topological polar surface area (TPSA) is 73.8 Å². The maximum Gasteiger partial charge on any atom is 0.191 e. The van der Waals surface area contributed by atoms with Gasteiger partial charge in [0, 0.05) is 32.2 Å². The number of nitrogens with one attached hydrogen (secondary N) is 2. The SMILES string of the molecule is CN=C(NC[C@H]1CCCN1CC(C)C)NC1CCS(=O)(=O)C1. The lowest BCUT2D eigenvalue weighted by Crippen LogP contribution is -2.48. The fraction of sp³-hybridized carbons (Fsp3) is 0.933. The van der Waals surface area contributed by atoms with Crippen molar-refractivity contribution in [3.05, 3.63) is 0 Å². The standard InChI is InChI=1S/C15H30N4O2S/c1-12(2)10-19-7-4-5-14(19)9-17-15(16-3)18-13-6-8-22(20,21)11-13/h12-14H,4-11H2,1-3H3,(H2,16,17,18)/t13?,14-/m1/s1. The van der Waals surface area contributed by atoms with Crippen LogP contribution in [0.25, 0.3) is 0 Å². The molecule has 0 spiro atoms. The quantitative estimate of drug-likeness (QED) is 0.566. The van der Waals surface area contributed by atoms with Crippen LogP contribution in [-0.2, 0) is 9.84 Å². The molecule has 2 aliphatic heterocycles. The highest BCUT2D eigenvalue weighted by Gasteiger charge is 2.29. The summed E-state index contributed by atoms with van der Waals surface area (Å²) in [7, 11) is -1.12. The lowest BCUT2D eigenvalue weighted by atomic mass is 10.1. The van der Waals surface area contributed by atoms with E-state index in [9.17, 15) is 8.42 Å². The van der Waals surface area contributed by atoms with Gasteiger partial charge in [0.1, 0.15) is 0 Å². The van der Waals surface area contributed by atoms with Crippen molar-refractivity contribution in [1.29, 1.82) is 0 Å². The van der Waals surface area contributed by atoms with E-state index in [1.54, 1.807) is 7.05 Å². The molecule has 0 amide bonds. The molecular weight excluding hydrogens is 300 g/mol. The summed E-state index contributed by atoms with van der Waals surface area (Å²) in [6.45, 7) is 7.69. The fourth-order valence-corrected chi connectivity index (χ4v) is 5.02. The molecule has 0 radical (unpaired) electrons. The van der Waals surface area contributed by atoms with Gasteiger partial charge in [-0.2, -0.15) is 0 Å². The third kappa shape index (κ3) is 5.12. The Morgan fingerprint density at radius 3 is 2.73 bits per heavy atom. The van der Waals surface area contributed by atoms with Crippen LogP contribution in [0.2, 0.25) is 0 Å². The zero-order valence-electron chi connectivity index (χ0n) is 14.0. The normalized spacial score (nSPS) is 29.2. The third-order valence-corrected chi connectivity index (χ3v) is 6.17. The van der Waals surface area contributed by atoms with Gasteiger partial charge in [-0.25, -0.2) is 8.42 Å². The number of likely N-dealkylation sites (tertiary alicyclic amines) is 1. The van der Waals surface area contributed by atoms with Crippen molar-refractivity contribution in [2.24, 2.45) is 10.9 Å². The highest BCUT2D eigenvalue weighted by atomic mass is 32.2. The van der Waals surface area contributed by atoms with Crippen molar-refractivity contribution in [1.82, 2.24) is 15.5 Å². The summed E-state index contributed by atoms with van der Waals surface area (Å²) in [5, 5.41) is 6.61. The van der Waals surface area contributed by atoms with Gasteiger partial charge in [0.2, 0.25) is 0 Å². The van der Waals surface area contributed by atoms with Crippen LogP contribution in [0.4, 0.5) is 0 Å². The lowest BCUT2D eigenvalue weighted by molar-refractivity contribution is 0.226. The average Bonchev–Trinajstić information content (AvgIpc) is 3.00. The molecule has 0 aromatic carbocycles. The van der Waals surface area contributed by atoms with Crippen LogP contribution in [0, 0.1) is 5.92 Å². The molecule has 2 fully saturated rings. The predicted octanol–water partition coefficient (Wildman–Crippen LogP) is 0.459. The summed E-state index contributed by atoms with van der Waals surface area (Å²) in [6.07, 6.45) is 3.15. The first-order chi connectivity index (χ1) is 10.4. The second kappa shape index (κ2) is 7.64. The van der Waals surface area contributed by atoms with Gasteiger partial charge in [-0.3, -0.25) is 9.89 Å². The van der Waals surface area contributed by atoms with E-state index < -0.39 is 9.84 Å². The van der Waals surface area contributed by atoms with Crippen LogP contribution in [0.1, 0.15) is 33.1 Å². The molecule has 2 saturated heterocycles. The zero-order valence-corrected chi connectivity index (χ0v) is 14.8. The van der Waals surface area contributed by atoms with E-state index in [0.717, 1.165) is 19.0 Å². The van der Waals surface area contributed by atoms with Crippen LogP contribution >= 0.6 is 0 Å². The van der Waals surface area contributed by atoms with Gasteiger partial charge < -0.3 is 10.6 Å². The first-order valence-electron chi connectivity index (χ1n) is 8.31. The summed E-state index contributed by atoms with van der Waals surface area (Å²) in [5.41, 5.74) is 0. The molecule has 0 bridgehead atoms. The highest BCUT2D eigenvalue weighted by molar-refractivity contribution is 7.91. The third-order valence-electron chi connectivity index (χ3n) is 4.40. The first kappa shape index (κ1) is 17.5. The molecule has 128 valence electrons. The monoisotopic (exact) mass is 330 g/mol. The summed E-state index contributed by atoms with van der Waals surface area (Å²) >= 11 is 0. The molecule has 0 aliphatic carbocycles. The molecule has 2 heterocycles. The largest absolute Gasteiger partial charge is 0.355 e. The van der Waals surface area contributed by atoms with Crippen molar-refractivity contribution in [2.75, 3.05) is 38.2 Å². The fourth-order valence-electron chi connectivity index (χ4n) is 3.35. The zero-order chi connectivity index (χ0) is 16.2. The van der Waals surface area contributed by atoms with Gasteiger partial charge >= 0.3 is 0 Å². The van der Waals surface area contributed by atoms with Gasteiger partial charge in [-0.1, -0.05) is 13.8 Å². The van der Waals surface area contributed by atoms with Crippen molar-refractivity contribution < 1.29 is 8.42 Å². The van der Waals surface area contributed by atoms with Gasteiger partial charge in [-0.05, 0) is 31.7 Å². The average molecular weight is 330 g/mol. The Bertz CT molecular complexity index is 490. The maximum absolute atomic E-state index is 11.5. The molecule has 0 saturated carbocycles. The first-order valence-corrected chi connectivity index (χ1v) is 10.1. The lowest BCUT2D eigenvalue weighted by Gasteiger charge is -2.27. The molecule has 22 heavy (non-hydrogen) atoms. The molecule has 0 aromatic rings. The van der Waals surface area contributed by atoms with Crippen molar-refractivity contribution >= 4 is 15.8 Å². The van der Waals surface area contributed by atoms with E-state index in [1.165, 1.54) is 19.4 Å². The van der Waals surface area contributed by atoms with Crippen molar-refractivity contribution in [2.45, 2.75) is 45.2 Å². The number of rotatable bonds is 5. The van der Waals surface area contributed by atoms with Gasteiger partial charge in [0.15, 0.2) is 15.8 Å². The second-order valence-electron chi connectivity index (χ2n) is 6.88.